The first-order valence-electron chi connectivity index (χ1n) is 3.62. The minimum atomic E-state index is -0.478. The summed E-state index contributed by atoms with van der Waals surface area (Å²) in [5.41, 5.74) is 0.0188. The number of ether oxygens (including phenoxy) is 1. The molecule has 0 bridgehead atoms. The molecule has 0 amide bonds. The summed E-state index contributed by atoms with van der Waals surface area (Å²) in [5.74, 6) is 0.729. The first kappa shape index (κ1) is 10.3. The second-order valence-corrected chi connectivity index (χ2v) is 2.96. The molecule has 1 aromatic rings. The first-order valence-corrected chi connectivity index (χ1v) is 4.60. The van der Waals surface area contributed by atoms with Crippen molar-refractivity contribution in [2.75, 3.05) is 5.94 Å². The van der Waals surface area contributed by atoms with E-state index in [0.29, 0.717) is 5.75 Å². The molecule has 0 saturated carbocycles. The Labute approximate surface area is 84.4 Å². The van der Waals surface area contributed by atoms with Crippen molar-refractivity contribution in [1.82, 2.24) is 0 Å². The minimum Gasteiger partial charge on any atom is -0.482 e. The first-order chi connectivity index (χ1) is 6.74. The molecule has 14 heavy (non-hydrogen) atoms. The fraction of sp³-hybridized carbons (Fsp3) is 0.125. The van der Waals surface area contributed by atoms with Gasteiger partial charge in [0.2, 0.25) is 0 Å². The highest BCUT2D eigenvalue weighted by Gasteiger charge is 2.03. The summed E-state index contributed by atoms with van der Waals surface area (Å²) in [5, 5.41) is 20.3. The molecule has 0 fully saturated rings. The summed E-state index contributed by atoms with van der Waals surface area (Å²) in [6.07, 6.45) is 0. The van der Waals surface area contributed by atoms with E-state index in [-0.39, 0.29) is 11.6 Å². The maximum Gasteiger partial charge on any atom is 0.269 e. The molecule has 0 atom stereocenters. The number of hydrogen-bond donors (Lipinski definition) is 0. The molecule has 1 rings (SSSR count). The van der Waals surface area contributed by atoms with Gasteiger partial charge in [-0.3, -0.25) is 10.1 Å². The van der Waals surface area contributed by atoms with Gasteiger partial charge in [0.05, 0.1) is 4.92 Å². The second-order valence-electron chi connectivity index (χ2n) is 2.25. The van der Waals surface area contributed by atoms with Crippen LogP contribution in [0.1, 0.15) is 0 Å². The lowest BCUT2D eigenvalue weighted by Gasteiger charge is -2.01. The Morgan fingerprint density at radius 1 is 1.50 bits per heavy atom. The highest BCUT2D eigenvalue weighted by atomic mass is 32.2. The van der Waals surface area contributed by atoms with E-state index in [4.69, 9.17) is 10.00 Å². The van der Waals surface area contributed by atoms with Crippen molar-refractivity contribution in [3.8, 4) is 11.2 Å². The quantitative estimate of drug-likeness (QED) is 0.250. The number of thioether (sulfide) groups is 1. The third-order valence-electron chi connectivity index (χ3n) is 1.40. The molecule has 0 aliphatic rings. The molecule has 1 aromatic carbocycles. The number of non-ortho nitro benzene ring substituents is 1. The molecule has 0 aliphatic carbocycles. The van der Waals surface area contributed by atoms with Gasteiger partial charge in [0.15, 0.2) is 0 Å². The van der Waals surface area contributed by atoms with Gasteiger partial charge in [-0.2, -0.15) is 5.26 Å². The molecular formula is C8H6N2O3S. The predicted molar refractivity (Wildman–Crippen MR) is 51.8 cm³/mol. The molecule has 0 aliphatic heterocycles. The topological polar surface area (TPSA) is 76.2 Å². The van der Waals surface area contributed by atoms with Crippen LogP contribution in [-0.4, -0.2) is 10.9 Å². The summed E-state index contributed by atoms with van der Waals surface area (Å²) in [6.45, 7) is 0. The highest BCUT2D eigenvalue weighted by Crippen LogP contribution is 2.17. The van der Waals surface area contributed by atoms with Crippen LogP contribution in [0, 0.1) is 20.8 Å². The molecule has 6 heteroatoms. The summed E-state index contributed by atoms with van der Waals surface area (Å²) < 4.78 is 5.10. The fourth-order valence-corrected chi connectivity index (χ4v) is 1.04. The van der Waals surface area contributed by atoms with Gasteiger partial charge in [-0.25, -0.2) is 0 Å². The number of nitro groups is 1. The standard InChI is InChI=1S/C8H6N2O3S/c9-5-14-6-13-8-3-1-7(2-4-8)10(11)12/h1-4H,6H2. The number of nitro benzene ring substituents is 1. The van der Waals surface area contributed by atoms with Crippen LogP contribution >= 0.6 is 11.8 Å². The molecule has 0 aromatic heterocycles. The third-order valence-corrected chi connectivity index (χ3v) is 1.76. The summed E-state index contributed by atoms with van der Waals surface area (Å²) in [6, 6.07) is 5.70. The summed E-state index contributed by atoms with van der Waals surface area (Å²) >= 11 is 0.963. The van der Waals surface area contributed by atoms with Crippen molar-refractivity contribution in [2.45, 2.75) is 0 Å². The Balaban J connectivity index is 2.56. The molecule has 0 radical (unpaired) electrons. The van der Waals surface area contributed by atoms with Crippen LogP contribution < -0.4 is 4.74 Å². The lowest BCUT2D eigenvalue weighted by Crippen LogP contribution is -1.92. The Morgan fingerprint density at radius 3 is 2.64 bits per heavy atom. The Morgan fingerprint density at radius 2 is 2.14 bits per heavy atom. The molecule has 0 N–H and O–H groups in total. The van der Waals surface area contributed by atoms with Gasteiger partial charge in [-0.05, 0) is 23.9 Å². The lowest BCUT2D eigenvalue weighted by molar-refractivity contribution is -0.384. The van der Waals surface area contributed by atoms with Crippen LogP contribution in [0.4, 0.5) is 5.69 Å². The van der Waals surface area contributed by atoms with E-state index in [2.05, 4.69) is 0 Å². The number of thiocyanates is 1. The molecule has 0 spiro atoms. The average molecular weight is 210 g/mol. The van der Waals surface area contributed by atoms with Crippen LogP contribution in [-0.2, 0) is 0 Å². The third kappa shape index (κ3) is 2.95. The summed E-state index contributed by atoms with van der Waals surface area (Å²) in [4.78, 5) is 9.81. The Bertz CT molecular complexity index is 358. The molecule has 5 nitrogen and oxygen atoms in total. The number of nitrogens with zero attached hydrogens (tertiary/aromatic N) is 2. The van der Waals surface area contributed by atoms with Crippen molar-refractivity contribution in [3.05, 3.63) is 34.4 Å². The molecule has 72 valence electrons. The van der Waals surface area contributed by atoms with E-state index in [9.17, 15) is 10.1 Å². The van der Waals surface area contributed by atoms with Crippen LogP contribution in [0.15, 0.2) is 24.3 Å². The second kappa shape index (κ2) is 5.09. The van der Waals surface area contributed by atoms with Gasteiger partial charge in [-0.1, -0.05) is 0 Å². The normalized spacial score (nSPS) is 9.07. The number of rotatable bonds is 4. The van der Waals surface area contributed by atoms with Crippen LogP contribution in [0.2, 0.25) is 0 Å². The number of benzene rings is 1. The maximum absolute atomic E-state index is 10.3. The lowest BCUT2D eigenvalue weighted by atomic mass is 10.3. The smallest absolute Gasteiger partial charge is 0.269 e. The fourth-order valence-electron chi connectivity index (χ4n) is 0.788. The maximum atomic E-state index is 10.3. The van der Waals surface area contributed by atoms with E-state index in [1.165, 1.54) is 24.3 Å². The van der Waals surface area contributed by atoms with Crippen molar-refractivity contribution < 1.29 is 9.66 Å². The van der Waals surface area contributed by atoms with Crippen molar-refractivity contribution in [2.24, 2.45) is 0 Å². The Hall–Kier alpha value is -1.74. The zero-order chi connectivity index (χ0) is 10.4. The van der Waals surface area contributed by atoms with Gasteiger partial charge in [0, 0.05) is 12.1 Å². The average Bonchev–Trinajstić information content (AvgIpc) is 2.19. The zero-order valence-electron chi connectivity index (χ0n) is 7.04. The summed E-state index contributed by atoms with van der Waals surface area (Å²) in [7, 11) is 0. The number of hydrogen-bond acceptors (Lipinski definition) is 5. The van der Waals surface area contributed by atoms with Gasteiger partial charge >= 0.3 is 0 Å². The molecule has 0 heterocycles. The number of nitriles is 1. The SMILES string of the molecule is N#CSCOc1ccc([N+](=O)[O-])cc1. The zero-order valence-corrected chi connectivity index (χ0v) is 7.86. The molecule has 0 unspecified atom stereocenters. The van der Waals surface area contributed by atoms with E-state index in [1.54, 1.807) is 0 Å². The predicted octanol–water partition coefficient (Wildman–Crippen LogP) is 2.15. The van der Waals surface area contributed by atoms with E-state index < -0.39 is 4.92 Å². The Kier molecular flexibility index (Phi) is 3.76. The van der Waals surface area contributed by atoms with Gasteiger partial charge in [0.1, 0.15) is 17.1 Å². The van der Waals surface area contributed by atoms with Crippen molar-refractivity contribution in [3.63, 3.8) is 0 Å². The van der Waals surface area contributed by atoms with Crippen molar-refractivity contribution >= 4 is 17.4 Å². The largest absolute Gasteiger partial charge is 0.482 e. The van der Waals surface area contributed by atoms with Gasteiger partial charge in [0.25, 0.3) is 5.69 Å². The van der Waals surface area contributed by atoms with Gasteiger partial charge in [-0.15, -0.1) is 0 Å². The van der Waals surface area contributed by atoms with E-state index in [0.717, 1.165) is 11.8 Å². The van der Waals surface area contributed by atoms with Crippen LogP contribution in [0.25, 0.3) is 0 Å². The highest BCUT2D eigenvalue weighted by molar-refractivity contribution is 8.03. The molecule has 0 saturated heterocycles. The van der Waals surface area contributed by atoms with Crippen molar-refractivity contribution in [1.29, 1.82) is 5.26 Å². The molecular weight excluding hydrogens is 204 g/mol. The van der Waals surface area contributed by atoms with E-state index >= 15 is 0 Å². The van der Waals surface area contributed by atoms with E-state index in [1.807, 2.05) is 5.40 Å². The van der Waals surface area contributed by atoms with Gasteiger partial charge < -0.3 is 4.74 Å². The van der Waals surface area contributed by atoms with Crippen LogP contribution in [0.5, 0.6) is 5.75 Å². The van der Waals surface area contributed by atoms with Crippen LogP contribution in [0.3, 0.4) is 0 Å². The minimum absolute atomic E-state index is 0.0188. The monoisotopic (exact) mass is 210 g/mol.